The van der Waals surface area contributed by atoms with E-state index >= 15 is 0 Å². The maximum Gasteiger partial charge on any atom is 0.0216 e. The van der Waals surface area contributed by atoms with Crippen LogP contribution in [0.1, 0.15) is 47.0 Å². The van der Waals surface area contributed by atoms with Crippen molar-refractivity contribution in [2.24, 2.45) is 11.8 Å². The third kappa shape index (κ3) is 5.12. The molecule has 0 aromatic heterocycles. The monoisotopic (exact) mass is 313 g/mol. The molecule has 0 N–H and O–H groups in total. The van der Waals surface area contributed by atoms with Crippen LogP contribution in [0, 0.1) is 11.8 Å². The Labute approximate surface area is 137 Å². The molecule has 2 fully saturated rings. The van der Waals surface area contributed by atoms with Gasteiger partial charge >= 0.3 is 0 Å². The molecule has 2 heterocycles. The summed E-state index contributed by atoms with van der Waals surface area (Å²) in [4.78, 5) is 5.30. The predicted molar refractivity (Wildman–Crippen MR) is 94.8 cm³/mol. The number of piperazine rings is 1. The molecule has 2 atom stereocenters. The topological polar surface area (TPSA) is 9.72 Å². The van der Waals surface area contributed by atoms with Crippen molar-refractivity contribution in [3.8, 4) is 0 Å². The number of nitrogens with zero attached hydrogens (tertiary/aromatic N) is 3. The lowest BCUT2D eigenvalue weighted by molar-refractivity contribution is 0.0943. The Balaban J connectivity index is 1.72. The van der Waals surface area contributed by atoms with Gasteiger partial charge in [-0.25, -0.2) is 0 Å². The molecule has 2 rings (SSSR count). The zero-order valence-electron chi connectivity index (χ0n) is 14.5. The molecule has 3 nitrogen and oxygen atoms in total. The molecular formula is C17H35N3S. The van der Waals surface area contributed by atoms with E-state index in [2.05, 4.69) is 54.6 Å². The van der Waals surface area contributed by atoms with Crippen LogP contribution < -0.4 is 0 Å². The summed E-state index contributed by atoms with van der Waals surface area (Å²) in [6.45, 7) is 16.8. The second-order valence-corrected chi connectivity index (χ2v) is 8.08. The Hall–Kier alpha value is 0.230. The van der Waals surface area contributed by atoms with E-state index < -0.39 is 0 Å². The van der Waals surface area contributed by atoms with Gasteiger partial charge in [0.25, 0.3) is 0 Å². The summed E-state index contributed by atoms with van der Waals surface area (Å²) in [7, 11) is 0. The van der Waals surface area contributed by atoms with Crippen LogP contribution in [0.2, 0.25) is 0 Å². The standard InChI is InChI=1S/C17H35N3S/c1-14(2)18-7-5-17(6-8-18)15(3)13-16(4)19-9-11-20(21)12-10-19/h14-17,21H,5-13H2,1-4H3. The number of piperidine rings is 1. The maximum absolute atomic E-state index is 4.45. The van der Waals surface area contributed by atoms with E-state index in [1.807, 2.05) is 0 Å². The molecule has 21 heavy (non-hydrogen) atoms. The van der Waals surface area contributed by atoms with E-state index in [1.165, 1.54) is 45.4 Å². The highest BCUT2D eigenvalue weighted by Gasteiger charge is 2.28. The van der Waals surface area contributed by atoms with E-state index in [4.69, 9.17) is 0 Å². The average molecular weight is 314 g/mol. The second kappa shape index (κ2) is 8.19. The summed E-state index contributed by atoms with van der Waals surface area (Å²) in [6, 6.07) is 1.45. The molecule has 4 heteroatoms. The van der Waals surface area contributed by atoms with Gasteiger partial charge in [0.05, 0.1) is 0 Å². The summed E-state index contributed by atoms with van der Waals surface area (Å²) < 4.78 is 2.15. The number of rotatable bonds is 5. The summed E-state index contributed by atoms with van der Waals surface area (Å²) in [5.74, 6) is 1.80. The fraction of sp³-hybridized carbons (Fsp3) is 1.00. The lowest BCUT2D eigenvalue weighted by Crippen LogP contribution is -2.47. The third-order valence-electron chi connectivity index (χ3n) is 5.74. The van der Waals surface area contributed by atoms with Crippen LogP contribution in [-0.2, 0) is 0 Å². The maximum atomic E-state index is 4.45. The van der Waals surface area contributed by atoms with Gasteiger partial charge in [-0.2, -0.15) is 0 Å². The van der Waals surface area contributed by atoms with Crippen LogP contribution >= 0.6 is 12.8 Å². The first-order valence-corrected chi connectivity index (χ1v) is 9.29. The first-order valence-electron chi connectivity index (χ1n) is 8.89. The molecule has 2 aliphatic rings. The lowest BCUT2D eigenvalue weighted by Gasteiger charge is -2.40. The predicted octanol–water partition coefficient (Wildman–Crippen LogP) is 2.98. The highest BCUT2D eigenvalue weighted by molar-refractivity contribution is 7.77. The zero-order valence-corrected chi connectivity index (χ0v) is 15.4. The Morgan fingerprint density at radius 3 is 1.95 bits per heavy atom. The van der Waals surface area contributed by atoms with Crippen LogP contribution in [0.25, 0.3) is 0 Å². The van der Waals surface area contributed by atoms with E-state index in [1.54, 1.807) is 0 Å². The molecule has 0 aliphatic carbocycles. The van der Waals surface area contributed by atoms with E-state index in [-0.39, 0.29) is 0 Å². The second-order valence-electron chi connectivity index (χ2n) is 7.52. The Kier molecular flexibility index (Phi) is 6.85. The van der Waals surface area contributed by atoms with Gasteiger partial charge in [0.2, 0.25) is 0 Å². The van der Waals surface area contributed by atoms with Gasteiger partial charge in [-0.15, -0.1) is 0 Å². The normalized spacial score (nSPS) is 27.1. The van der Waals surface area contributed by atoms with E-state index in [0.29, 0.717) is 0 Å². The minimum atomic E-state index is 0.720. The first kappa shape index (κ1) is 17.6. The summed E-state index contributed by atoms with van der Waals surface area (Å²) >= 11 is 4.45. The molecule has 0 saturated carbocycles. The first-order chi connectivity index (χ1) is 9.97. The molecule has 2 saturated heterocycles. The largest absolute Gasteiger partial charge is 0.301 e. The average Bonchev–Trinajstić information content (AvgIpc) is 2.47. The molecule has 0 amide bonds. The Morgan fingerprint density at radius 1 is 0.857 bits per heavy atom. The Bertz CT molecular complexity index is 294. The van der Waals surface area contributed by atoms with Crippen LogP contribution in [0.3, 0.4) is 0 Å². The van der Waals surface area contributed by atoms with Crippen molar-refractivity contribution in [2.45, 2.75) is 59.0 Å². The van der Waals surface area contributed by atoms with Crippen LogP contribution in [-0.4, -0.2) is 65.5 Å². The fourth-order valence-corrected chi connectivity index (χ4v) is 4.22. The van der Waals surface area contributed by atoms with E-state index in [9.17, 15) is 0 Å². The van der Waals surface area contributed by atoms with Gasteiger partial charge in [0, 0.05) is 38.3 Å². The molecule has 0 aromatic rings. The number of hydrogen-bond donors (Lipinski definition) is 1. The molecule has 2 unspecified atom stereocenters. The fourth-order valence-electron chi connectivity index (χ4n) is 4.04. The van der Waals surface area contributed by atoms with Crippen molar-refractivity contribution in [3.63, 3.8) is 0 Å². The van der Waals surface area contributed by atoms with Gasteiger partial charge in [-0.1, -0.05) is 19.7 Å². The van der Waals surface area contributed by atoms with Gasteiger partial charge in [-0.05, 0) is 65.0 Å². The number of thiol groups is 1. The molecule has 0 spiro atoms. The summed E-state index contributed by atoms with van der Waals surface area (Å²) in [5.41, 5.74) is 0. The number of likely N-dealkylation sites (tertiary alicyclic amines) is 1. The van der Waals surface area contributed by atoms with Crippen molar-refractivity contribution in [1.82, 2.24) is 14.1 Å². The van der Waals surface area contributed by atoms with Crippen molar-refractivity contribution in [1.29, 1.82) is 0 Å². The molecule has 0 radical (unpaired) electrons. The molecule has 0 aromatic carbocycles. The van der Waals surface area contributed by atoms with Crippen LogP contribution in [0.15, 0.2) is 0 Å². The highest BCUT2D eigenvalue weighted by Crippen LogP contribution is 2.29. The zero-order chi connectivity index (χ0) is 15.4. The SMILES string of the molecule is CC(CC(C)N1CCN(S)CC1)C1CCN(C(C)C)CC1. The smallest absolute Gasteiger partial charge is 0.0216 e. The highest BCUT2D eigenvalue weighted by atomic mass is 32.1. The third-order valence-corrected chi connectivity index (χ3v) is 6.14. The van der Waals surface area contributed by atoms with Crippen molar-refractivity contribution < 1.29 is 0 Å². The molecule has 124 valence electrons. The molecular weight excluding hydrogens is 278 g/mol. The van der Waals surface area contributed by atoms with E-state index in [0.717, 1.165) is 37.0 Å². The Morgan fingerprint density at radius 2 is 1.43 bits per heavy atom. The number of hydrogen-bond acceptors (Lipinski definition) is 4. The minimum Gasteiger partial charge on any atom is -0.301 e. The van der Waals surface area contributed by atoms with Crippen molar-refractivity contribution in [2.75, 3.05) is 39.3 Å². The van der Waals surface area contributed by atoms with Gasteiger partial charge < -0.3 is 4.90 Å². The van der Waals surface area contributed by atoms with Gasteiger partial charge in [0.15, 0.2) is 0 Å². The lowest BCUT2D eigenvalue weighted by atomic mass is 9.81. The van der Waals surface area contributed by atoms with Gasteiger partial charge in [-0.3, -0.25) is 9.21 Å². The van der Waals surface area contributed by atoms with Crippen LogP contribution in [0.5, 0.6) is 0 Å². The van der Waals surface area contributed by atoms with Crippen molar-refractivity contribution >= 4 is 12.8 Å². The van der Waals surface area contributed by atoms with Crippen LogP contribution in [0.4, 0.5) is 0 Å². The van der Waals surface area contributed by atoms with Gasteiger partial charge in [0.1, 0.15) is 0 Å². The molecule has 2 aliphatic heterocycles. The molecule has 0 bridgehead atoms. The van der Waals surface area contributed by atoms with Crippen molar-refractivity contribution in [3.05, 3.63) is 0 Å². The summed E-state index contributed by atoms with van der Waals surface area (Å²) in [5, 5.41) is 0. The minimum absolute atomic E-state index is 0.720. The summed E-state index contributed by atoms with van der Waals surface area (Å²) in [6.07, 6.45) is 4.16. The quantitative estimate of drug-likeness (QED) is 0.782.